The lowest BCUT2D eigenvalue weighted by Gasteiger charge is -2.23. The molecule has 2 aromatic heterocycles. The number of hydrogen-bond donors (Lipinski definition) is 1. The van der Waals surface area contributed by atoms with Gasteiger partial charge in [-0.05, 0) is 36.8 Å². The normalized spacial score (nSPS) is 14.8. The van der Waals surface area contributed by atoms with Crippen molar-refractivity contribution in [2.24, 2.45) is 0 Å². The van der Waals surface area contributed by atoms with Gasteiger partial charge in [-0.2, -0.15) is 5.10 Å². The molecule has 6 rings (SSSR count). The van der Waals surface area contributed by atoms with Gasteiger partial charge in [0, 0.05) is 17.3 Å². The summed E-state index contributed by atoms with van der Waals surface area (Å²) in [6.07, 6.45) is 1.68. The summed E-state index contributed by atoms with van der Waals surface area (Å²) in [5.74, 6) is 0.248. The standard InChI is InChI=1S/C33H28ClN5O2S/c1-22-10-9-13-24(18-22)32-30-31(23-11-3-2-4-12-23)37-39(27-16-6-5-15-26(27)34)33(30)38(29(41)21-42-32)20-28(40)36-19-25-14-7-8-17-35-25/h2-18,32H,19-21H2,1H3,(H,36,40)/t32-/m0/s1. The average Bonchev–Trinajstić information content (AvgIpc) is 3.33. The molecule has 1 atom stereocenters. The maximum absolute atomic E-state index is 13.9. The predicted octanol–water partition coefficient (Wildman–Crippen LogP) is 6.38. The highest BCUT2D eigenvalue weighted by molar-refractivity contribution is 8.00. The van der Waals surface area contributed by atoms with Crippen LogP contribution in [-0.2, 0) is 16.1 Å². The third kappa shape index (κ3) is 5.68. The smallest absolute Gasteiger partial charge is 0.240 e. The second kappa shape index (κ2) is 12.2. The lowest BCUT2D eigenvalue weighted by molar-refractivity contribution is -0.123. The van der Waals surface area contributed by atoms with Gasteiger partial charge in [0.25, 0.3) is 0 Å². The first-order chi connectivity index (χ1) is 20.5. The van der Waals surface area contributed by atoms with Crippen LogP contribution in [0.5, 0.6) is 0 Å². The van der Waals surface area contributed by atoms with Gasteiger partial charge in [-0.1, -0.05) is 90.0 Å². The molecule has 0 bridgehead atoms. The van der Waals surface area contributed by atoms with Crippen LogP contribution in [0.25, 0.3) is 16.9 Å². The Morgan fingerprint density at radius 1 is 1.00 bits per heavy atom. The Morgan fingerprint density at radius 2 is 1.79 bits per heavy atom. The van der Waals surface area contributed by atoms with Crippen LogP contribution in [0.3, 0.4) is 0 Å². The quantitative estimate of drug-likeness (QED) is 0.237. The number of nitrogens with zero attached hydrogens (tertiary/aromatic N) is 4. The van der Waals surface area contributed by atoms with E-state index in [1.165, 1.54) is 0 Å². The number of amides is 2. The number of carbonyl (C=O) groups is 2. The second-order valence-corrected chi connectivity index (χ2v) is 11.5. The van der Waals surface area contributed by atoms with E-state index in [1.807, 2.05) is 72.8 Å². The molecule has 0 spiro atoms. The molecule has 210 valence electrons. The summed E-state index contributed by atoms with van der Waals surface area (Å²) in [7, 11) is 0. The zero-order chi connectivity index (χ0) is 29.1. The molecule has 9 heteroatoms. The highest BCUT2D eigenvalue weighted by atomic mass is 35.5. The number of carbonyl (C=O) groups excluding carboxylic acids is 2. The van der Waals surface area contributed by atoms with Crippen molar-refractivity contribution in [3.05, 3.63) is 131 Å². The largest absolute Gasteiger partial charge is 0.349 e. The van der Waals surface area contributed by atoms with E-state index in [-0.39, 0.29) is 35.9 Å². The van der Waals surface area contributed by atoms with Crippen LogP contribution >= 0.6 is 23.4 Å². The fraction of sp³-hybridized carbons (Fsp3) is 0.152. The zero-order valence-corrected chi connectivity index (χ0v) is 24.5. The number of benzene rings is 3. The van der Waals surface area contributed by atoms with Crippen LogP contribution in [-0.4, -0.2) is 38.9 Å². The average molecular weight is 594 g/mol. The number of hydrogen-bond acceptors (Lipinski definition) is 5. The van der Waals surface area contributed by atoms with E-state index >= 15 is 0 Å². The van der Waals surface area contributed by atoms with E-state index in [0.29, 0.717) is 16.5 Å². The number of thioether (sulfide) groups is 1. The van der Waals surface area contributed by atoms with Crippen LogP contribution in [0.15, 0.2) is 103 Å². The second-order valence-electron chi connectivity index (χ2n) is 10.00. The fourth-order valence-electron chi connectivity index (χ4n) is 5.11. The predicted molar refractivity (Wildman–Crippen MR) is 168 cm³/mol. The lowest BCUT2D eigenvalue weighted by atomic mass is 9.98. The molecule has 42 heavy (non-hydrogen) atoms. The number of nitrogens with one attached hydrogen (secondary N) is 1. The zero-order valence-electron chi connectivity index (χ0n) is 22.9. The van der Waals surface area contributed by atoms with Crippen molar-refractivity contribution in [3.8, 4) is 16.9 Å². The Hall–Kier alpha value is -4.40. The number of rotatable bonds is 7. The molecule has 1 N–H and O–H groups in total. The number of aryl methyl sites for hydroxylation is 1. The molecule has 0 saturated carbocycles. The maximum Gasteiger partial charge on any atom is 0.240 e. The topological polar surface area (TPSA) is 80.1 Å². The van der Waals surface area contributed by atoms with Gasteiger partial charge in [0.2, 0.25) is 11.8 Å². The number of pyridine rings is 1. The number of aromatic nitrogens is 3. The van der Waals surface area contributed by atoms with Gasteiger partial charge in [0.05, 0.1) is 39.6 Å². The SMILES string of the molecule is Cc1cccc([C@@H]2SCC(=O)N(CC(=O)NCc3ccccn3)c3c2c(-c2ccccc2)nn3-c2ccccc2Cl)c1. The monoisotopic (exact) mass is 593 g/mol. The number of para-hydroxylation sites is 1. The van der Waals surface area contributed by atoms with Gasteiger partial charge in [-0.3, -0.25) is 19.5 Å². The molecule has 0 fully saturated rings. The molecule has 5 aromatic rings. The van der Waals surface area contributed by atoms with Crippen molar-refractivity contribution in [3.63, 3.8) is 0 Å². The Labute approximate surface area is 253 Å². The molecular weight excluding hydrogens is 566 g/mol. The Balaban J connectivity index is 1.53. The van der Waals surface area contributed by atoms with Crippen LogP contribution in [0.2, 0.25) is 5.02 Å². The van der Waals surface area contributed by atoms with Crippen molar-refractivity contribution in [1.82, 2.24) is 20.1 Å². The van der Waals surface area contributed by atoms with Crippen LogP contribution in [0.4, 0.5) is 5.82 Å². The first-order valence-electron chi connectivity index (χ1n) is 13.6. The minimum Gasteiger partial charge on any atom is -0.349 e. The van der Waals surface area contributed by atoms with Crippen molar-refractivity contribution >= 4 is 41.0 Å². The molecule has 2 amide bonds. The van der Waals surface area contributed by atoms with Gasteiger partial charge in [-0.15, -0.1) is 11.8 Å². The summed E-state index contributed by atoms with van der Waals surface area (Å²) in [6, 6.07) is 31.2. The van der Waals surface area contributed by atoms with Crippen LogP contribution in [0, 0.1) is 6.92 Å². The van der Waals surface area contributed by atoms with Gasteiger partial charge in [-0.25, -0.2) is 4.68 Å². The molecule has 1 aliphatic heterocycles. The molecular formula is C33H28ClN5O2S. The van der Waals surface area contributed by atoms with E-state index in [4.69, 9.17) is 16.7 Å². The summed E-state index contributed by atoms with van der Waals surface area (Å²) in [6.45, 7) is 2.14. The van der Waals surface area contributed by atoms with Crippen LogP contribution in [0.1, 0.15) is 27.6 Å². The van der Waals surface area contributed by atoms with E-state index in [2.05, 4.69) is 35.4 Å². The fourth-order valence-corrected chi connectivity index (χ4v) is 6.51. The van der Waals surface area contributed by atoms with Gasteiger partial charge >= 0.3 is 0 Å². The van der Waals surface area contributed by atoms with E-state index in [0.717, 1.165) is 33.6 Å². The molecule has 0 aliphatic carbocycles. The highest BCUT2D eigenvalue weighted by Crippen LogP contribution is 2.49. The van der Waals surface area contributed by atoms with Crippen molar-refractivity contribution in [2.45, 2.75) is 18.7 Å². The summed E-state index contributed by atoms with van der Waals surface area (Å²) >= 11 is 8.26. The van der Waals surface area contributed by atoms with Crippen molar-refractivity contribution < 1.29 is 9.59 Å². The third-order valence-electron chi connectivity index (χ3n) is 7.06. The van der Waals surface area contributed by atoms with E-state index < -0.39 is 0 Å². The Kier molecular flexibility index (Phi) is 8.08. The Morgan fingerprint density at radius 3 is 2.55 bits per heavy atom. The van der Waals surface area contributed by atoms with E-state index in [9.17, 15) is 9.59 Å². The number of anilines is 1. The number of halogens is 1. The molecule has 3 aromatic carbocycles. The van der Waals surface area contributed by atoms with Crippen LogP contribution < -0.4 is 10.2 Å². The van der Waals surface area contributed by atoms with Gasteiger partial charge in [0.15, 0.2) is 0 Å². The van der Waals surface area contributed by atoms with E-state index in [1.54, 1.807) is 33.6 Å². The minimum atomic E-state index is -0.299. The molecule has 0 unspecified atom stereocenters. The minimum absolute atomic E-state index is 0.176. The summed E-state index contributed by atoms with van der Waals surface area (Å²) in [4.78, 5) is 33.1. The lowest BCUT2D eigenvalue weighted by Crippen LogP contribution is -2.42. The molecule has 7 nitrogen and oxygen atoms in total. The Bertz CT molecular complexity index is 1740. The summed E-state index contributed by atoms with van der Waals surface area (Å²) in [5, 5.41) is 8.29. The van der Waals surface area contributed by atoms with Gasteiger partial charge in [0.1, 0.15) is 12.4 Å². The van der Waals surface area contributed by atoms with Crippen molar-refractivity contribution in [1.29, 1.82) is 0 Å². The first-order valence-corrected chi connectivity index (χ1v) is 15.0. The summed E-state index contributed by atoms with van der Waals surface area (Å²) in [5.41, 5.74) is 6.04. The highest BCUT2D eigenvalue weighted by Gasteiger charge is 2.38. The molecule has 3 heterocycles. The van der Waals surface area contributed by atoms with Gasteiger partial charge < -0.3 is 5.32 Å². The maximum atomic E-state index is 13.9. The molecule has 0 saturated heterocycles. The first kappa shape index (κ1) is 27.8. The summed E-state index contributed by atoms with van der Waals surface area (Å²) < 4.78 is 1.72. The third-order valence-corrected chi connectivity index (χ3v) is 8.63. The molecule has 0 radical (unpaired) electrons. The van der Waals surface area contributed by atoms with Crippen molar-refractivity contribution in [2.75, 3.05) is 17.2 Å². The molecule has 1 aliphatic rings. The number of fused-ring (bicyclic) bond motifs is 1.